The highest BCUT2D eigenvalue weighted by molar-refractivity contribution is 7.13. The molecule has 3 aromatic rings. The monoisotopic (exact) mass is 416 g/mol. The fraction of sp³-hybridized carbons (Fsp3) is 0.238. The maximum atomic E-state index is 13.9. The Morgan fingerprint density at radius 3 is 2.38 bits per heavy atom. The number of amides is 1. The molecule has 0 saturated heterocycles. The van der Waals surface area contributed by atoms with Gasteiger partial charge in [-0.1, -0.05) is 6.07 Å². The van der Waals surface area contributed by atoms with Crippen LogP contribution >= 0.6 is 11.3 Å². The molecule has 0 unspecified atom stereocenters. The zero-order valence-corrected chi connectivity index (χ0v) is 17.4. The van der Waals surface area contributed by atoms with Crippen molar-refractivity contribution in [3.05, 3.63) is 58.9 Å². The van der Waals surface area contributed by atoms with Crippen LogP contribution in [0.5, 0.6) is 17.2 Å². The predicted molar refractivity (Wildman–Crippen MR) is 109 cm³/mol. The van der Waals surface area contributed by atoms with Crippen LogP contribution in [0.3, 0.4) is 0 Å². The van der Waals surface area contributed by atoms with Crippen molar-refractivity contribution in [3.8, 4) is 27.8 Å². The second kappa shape index (κ2) is 8.91. The van der Waals surface area contributed by atoms with E-state index in [9.17, 15) is 9.18 Å². The van der Waals surface area contributed by atoms with Gasteiger partial charge >= 0.3 is 0 Å². The second-order valence-corrected chi connectivity index (χ2v) is 7.10. The molecule has 1 amide bonds. The smallest absolute Gasteiger partial charge is 0.273 e. The van der Waals surface area contributed by atoms with E-state index in [0.717, 1.165) is 5.56 Å². The minimum Gasteiger partial charge on any atom is -0.494 e. The first-order valence-electron chi connectivity index (χ1n) is 8.72. The van der Waals surface area contributed by atoms with E-state index in [4.69, 9.17) is 14.2 Å². The van der Waals surface area contributed by atoms with Crippen molar-refractivity contribution >= 4 is 17.2 Å². The molecule has 0 bridgehead atoms. The van der Waals surface area contributed by atoms with Gasteiger partial charge in [-0.3, -0.25) is 4.79 Å². The lowest BCUT2D eigenvalue weighted by molar-refractivity contribution is 0.0780. The first kappa shape index (κ1) is 20.6. The van der Waals surface area contributed by atoms with Gasteiger partial charge in [-0.25, -0.2) is 9.37 Å². The molecule has 1 aromatic heterocycles. The Hall–Kier alpha value is -3.13. The minimum atomic E-state index is -0.463. The van der Waals surface area contributed by atoms with Gasteiger partial charge in [0.2, 0.25) is 0 Å². The van der Waals surface area contributed by atoms with Crippen molar-refractivity contribution in [1.29, 1.82) is 0 Å². The third kappa shape index (κ3) is 4.48. The van der Waals surface area contributed by atoms with Crippen molar-refractivity contribution in [2.75, 3.05) is 28.4 Å². The van der Waals surface area contributed by atoms with Crippen molar-refractivity contribution in [3.63, 3.8) is 0 Å². The molecule has 0 aliphatic heterocycles. The molecule has 152 valence electrons. The van der Waals surface area contributed by atoms with E-state index in [-0.39, 0.29) is 18.2 Å². The Kier molecular flexibility index (Phi) is 6.33. The van der Waals surface area contributed by atoms with Crippen LogP contribution in [0.4, 0.5) is 4.39 Å². The Bertz CT molecular complexity index is 1020. The number of thiazole rings is 1. The first-order valence-corrected chi connectivity index (χ1v) is 9.60. The van der Waals surface area contributed by atoms with E-state index in [1.54, 1.807) is 44.8 Å². The van der Waals surface area contributed by atoms with Crippen molar-refractivity contribution < 1.29 is 23.4 Å². The van der Waals surface area contributed by atoms with E-state index in [1.165, 1.54) is 29.4 Å². The van der Waals surface area contributed by atoms with Gasteiger partial charge < -0.3 is 19.1 Å². The van der Waals surface area contributed by atoms with Crippen LogP contribution in [0.2, 0.25) is 0 Å². The third-order valence-electron chi connectivity index (χ3n) is 4.34. The van der Waals surface area contributed by atoms with Crippen LogP contribution < -0.4 is 14.2 Å². The molecule has 1 heterocycles. The van der Waals surface area contributed by atoms with Crippen molar-refractivity contribution in [2.24, 2.45) is 0 Å². The Labute approximate surface area is 172 Å². The summed E-state index contributed by atoms with van der Waals surface area (Å²) in [6, 6.07) is 10.1. The number of hydrogen-bond acceptors (Lipinski definition) is 6. The number of benzene rings is 2. The quantitative estimate of drug-likeness (QED) is 0.576. The number of carbonyl (C=O) groups is 1. The minimum absolute atomic E-state index is 0.168. The molecule has 0 atom stereocenters. The summed E-state index contributed by atoms with van der Waals surface area (Å²) in [5.41, 5.74) is 1.82. The molecular formula is C21H21FN2O4S. The standard InChI is InChI=1S/C21H21FN2O4S/c1-24(11-13-5-7-17(26-2)15(22)9-13)21(25)16-12-29-20(23-16)14-6-8-18(27-3)19(10-14)28-4/h5-10,12H,11H2,1-4H3. The van der Waals surface area contributed by atoms with Crippen LogP contribution in [0.15, 0.2) is 41.8 Å². The normalized spacial score (nSPS) is 10.5. The van der Waals surface area contributed by atoms with Gasteiger partial charge in [0.05, 0.1) is 21.3 Å². The molecule has 0 radical (unpaired) electrons. The lowest BCUT2D eigenvalue weighted by Crippen LogP contribution is -2.26. The summed E-state index contributed by atoms with van der Waals surface area (Å²) in [7, 11) is 6.20. The second-order valence-electron chi connectivity index (χ2n) is 6.24. The number of halogens is 1. The van der Waals surface area contributed by atoms with Crippen LogP contribution in [0.1, 0.15) is 16.1 Å². The molecule has 0 fully saturated rings. The van der Waals surface area contributed by atoms with Crippen LogP contribution in [0.25, 0.3) is 10.6 Å². The van der Waals surface area contributed by atoms with E-state index in [1.807, 2.05) is 12.1 Å². The van der Waals surface area contributed by atoms with E-state index >= 15 is 0 Å². The molecular weight excluding hydrogens is 395 g/mol. The van der Waals surface area contributed by atoms with Gasteiger partial charge in [-0.15, -0.1) is 11.3 Å². The molecule has 3 rings (SSSR count). The van der Waals surface area contributed by atoms with E-state index in [2.05, 4.69) is 4.98 Å². The summed E-state index contributed by atoms with van der Waals surface area (Å²) in [6.07, 6.45) is 0. The number of nitrogens with zero attached hydrogens (tertiary/aromatic N) is 2. The lowest BCUT2D eigenvalue weighted by atomic mass is 10.2. The number of ether oxygens (including phenoxy) is 3. The topological polar surface area (TPSA) is 60.9 Å². The first-order chi connectivity index (χ1) is 14.0. The third-order valence-corrected chi connectivity index (χ3v) is 5.23. The van der Waals surface area contributed by atoms with E-state index in [0.29, 0.717) is 27.8 Å². The molecule has 2 aromatic carbocycles. The highest BCUT2D eigenvalue weighted by Crippen LogP contribution is 2.33. The van der Waals surface area contributed by atoms with Gasteiger partial charge in [0.25, 0.3) is 5.91 Å². The fourth-order valence-electron chi connectivity index (χ4n) is 2.82. The zero-order chi connectivity index (χ0) is 21.0. The largest absolute Gasteiger partial charge is 0.494 e. The molecule has 29 heavy (non-hydrogen) atoms. The zero-order valence-electron chi connectivity index (χ0n) is 16.6. The summed E-state index contributed by atoms with van der Waals surface area (Å²) >= 11 is 1.36. The number of carbonyl (C=O) groups excluding carboxylic acids is 1. The SMILES string of the molecule is COc1ccc(CN(C)C(=O)c2csc(-c3ccc(OC)c(OC)c3)n2)cc1F. The average molecular weight is 416 g/mol. The Morgan fingerprint density at radius 2 is 1.72 bits per heavy atom. The number of methoxy groups -OCH3 is 3. The fourth-order valence-corrected chi connectivity index (χ4v) is 3.61. The lowest BCUT2D eigenvalue weighted by Gasteiger charge is -2.16. The van der Waals surface area contributed by atoms with E-state index < -0.39 is 5.82 Å². The average Bonchev–Trinajstić information content (AvgIpc) is 3.23. The Balaban J connectivity index is 1.75. The number of rotatable bonds is 7. The molecule has 8 heteroatoms. The number of aromatic nitrogens is 1. The molecule has 0 aliphatic carbocycles. The molecule has 0 N–H and O–H groups in total. The molecule has 0 aliphatic rings. The van der Waals surface area contributed by atoms with Gasteiger partial charge in [-0.05, 0) is 35.9 Å². The van der Waals surface area contributed by atoms with Gasteiger partial charge in [0.1, 0.15) is 10.7 Å². The summed E-state index contributed by atoms with van der Waals surface area (Å²) in [5.74, 6) is 0.670. The maximum Gasteiger partial charge on any atom is 0.273 e. The highest BCUT2D eigenvalue weighted by Gasteiger charge is 2.18. The molecule has 6 nitrogen and oxygen atoms in total. The summed E-state index contributed by atoms with van der Waals surface area (Å²) in [6.45, 7) is 0.253. The maximum absolute atomic E-state index is 13.9. The Morgan fingerprint density at radius 1 is 1.03 bits per heavy atom. The van der Waals surface area contributed by atoms with Crippen molar-refractivity contribution in [2.45, 2.75) is 6.54 Å². The summed E-state index contributed by atoms with van der Waals surface area (Å²) in [5, 5.41) is 2.40. The van der Waals surface area contributed by atoms with Crippen LogP contribution in [0, 0.1) is 5.82 Å². The van der Waals surface area contributed by atoms with Gasteiger partial charge in [0, 0.05) is 24.5 Å². The molecule has 0 spiro atoms. The van der Waals surface area contributed by atoms with Crippen LogP contribution in [-0.2, 0) is 6.54 Å². The van der Waals surface area contributed by atoms with Gasteiger partial charge in [0.15, 0.2) is 23.1 Å². The van der Waals surface area contributed by atoms with Gasteiger partial charge in [-0.2, -0.15) is 0 Å². The summed E-state index contributed by atoms with van der Waals surface area (Å²) < 4.78 is 29.4. The summed E-state index contributed by atoms with van der Waals surface area (Å²) in [4.78, 5) is 18.7. The van der Waals surface area contributed by atoms with Crippen LogP contribution in [-0.4, -0.2) is 44.2 Å². The van der Waals surface area contributed by atoms with Crippen molar-refractivity contribution in [1.82, 2.24) is 9.88 Å². The number of hydrogen-bond donors (Lipinski definition) is 0. The predicted octanol–water partition coefficient (Wildman–Crippen LogP) is 4.25. The highest BCUT2D eigenvalue weighted by atomic mass is 32.1. The molecule has 0 saturated carbocycles.